The summed E-state index contributed by atoms with van der Waals surface area (Å²) in [5, 5.41) is 3.24. The van der Waals surface area contributed by atoms with E-state index >= 15 is 0 Å². The van der Waals surface area contributed by atoms with Gasteiger partial charge in [0.2, 0.25) is 0 Å². The van der Waals surface area contributed by atoms with Crippen molar-refractivity contribution in [2.45, 2.75) is 4.90 Å². The van der Waals surface area contributed by atoms with Crippen LogP contribution in [0.4, 0.5) is 11.4 Å². The maximum Gasteiger partial charge on any atom is 0.339 e. The van der Waals surface area contributed by atoms with Crippen LogP contribution in [0.15, 0.2) is 71.6 Å². The van der Waals surface area contributed by atoms with E-state index in [2.05, 4.69) is 14.8 Å². The average molecular weight is 479 g/mol. The molecule has 1 amide bonds. The number of halogens is 2. The number of hydrogen-bond donors (Lipinski definition) is 2. The number of esters is 1. The fraction of sp³-hybridized carbons (Fsp3) is 0.0476. The molecule has 160 valence electrons. The number of sulfonamides is 1. The van der Waals surface area contributed by atoms with E-state index < -0.39 is 21.9 Å². The molecule has 3 aromatic rings. The highest BCUT2D eigenvalue weighted by atomic mass is 35.5. The summed E-state index contributed by atoms with van der Waals surface area (Å²) in [6.07, 6.45) is 0. The van der Waals surface area contributed by atoms with Gasteiger partial charge in [0, 0.05) is 10.7 Å². The number of carbonyl (C=O) groups is 2. The summed E-state index contributed by atoms with van der Waals surface area (Å²) in [4.78, 5) is 24.3. The average Bonchev–Trinajstić information content (AvgIpc) is 2.75. The van der Waals surface area contributed by atoms with Gasteiger partial charge in [-0.05, 0) is 54.6 Å². The lowest BCUT2D eigenvalue weighted by molar-refractivity contribution is 0.0600. The zero-order valence-electron chi connectivity index (χ0n) is 16.1. The lowest BCUT2D eigenvalue weighted by atomic mass is 10.1. The zero-order chi connectivity index (χ0) is 22.6. The monoisotopic (exact) mass is 478 g/mol. The van der Waals surface area contributed by atoms with Gasteiger partial charge < -0.3 is 10.1 Å². The van der Waals surface area contributed by atoms with Gasteiger partial charge in [0.25, 0.3) is 15.9 Å². The minimum atomic E-state index is -4.14. The lowest BCUT2D eigenvalue weighted by Crippen LogP contribution is -2.19. The summed E-state index contributed by atoms with van der Waals surface area (Å²) in [5.41, 5.74) is 0.556. The SMILES string of the molecule is COC(=O)c1cc(S(=O)(=O)Nc2ccccc2C(=O)Nc2ccc(Cl)cc2)ccc1Cl. The Morgan fingerprint density at radius 3 is 2.26 bits per heavy atom. The molecule has 0 aliphatic heterocycles. The van der Waals surface area contributed by atoms with Gasteiger partial charge in [-0.15, -0.1) is 0 Å². The van der Waals surface area contributed by atoms with Crippen LogP contribution in [-0.2, 0) is 14.8 Å². The van der Waals surface area contributed by atoms with Gasteiger partial charge in [0.05, 0.1) is 33.8 Å². The molecule has 0 aromatic heterocycles. The van der Waals surface area contributed by atoms with Crippen LogP contribution in [0.25, 0.3) is 0 Å². The van der Waals surface area contributed by atoms with Gasteiger partial charge in [-0.1, -0.05) is 35.3 Å². The van der Waals surface area contributed by atoms with Crippen LogP contribution in [0, 0.1) is 0 Å². The summed E-state index contributed by atoms with van der Waals surface area (Å²) in [6, 6.07) is 16.2. The molecular weight excluding hydrogens is 463 g/mol. The van der Waals surface area contributed by atoms with Crippen molar-refractivity contribution in [3.63, 3.8) is 0 Å². The summed E-state index contributed by atoms with van der Waals surface area (Å²) in [6.45, 7) is 0. The molecule has 31 heavy (non-hydrogen) atoms. The third-order valence-electron chi connectivity index (χ3n) is 4.17. The molecule has 0 aliphatic rings. The number of anilines is 2. The van der Waals surface area contributed by atoms with Gasteiger partial charge in [0.1, 0.15) is 0 Å². The summed E-state index contributed by atoms with van der Waals surface area (Å²) in [5.74, 6) is -1.29. The maximum absolute atomic E-state index is 12.9. The van der Waals surface area contributed by atoms with Crippen LogP contribution in [0.1, 0.15) is 20.7 Å². The van der Waals surface area contributed by atoms with Gasteiger partial charge >= 0.3 is 5.97 Å². The summed E-state index contributed by atoms with van der Waals surface area (Å²) < 4.78 is 32.8. The van der Waals surface area contributed by atoms with Gasteiger partial charge in [-0.25, -0.2) is 13.2 Å². The van der Waals surface area contributed by atoms with Crippen molar-refractivity contribution in [3.05, 3.63) is 87.9 Å². The number of carbonyl (C=O) groups excluding carboxylic acids is 2. The molecule has 0 bridgehead atoms. The van der Waals surface area contributed by atoms with E-state index in [-0.39, 0.29) is 26.7 Å². The predicted octanol–water partition coefficient (Wildman–Crippen LogP) is 4.83. The minimum absolute atomic E-state index is 0.0496. The molecule has 7 nitrogen and oxygen atoms in total. The Labute approximate surface area is 189 Å². The molecule has 0 saturated heterocycles. The second-order valence-electron chi connectivity index (χ2n) is 6.25. The second-order valence-corrected chi connectivity index (χ2v) is 8.77. The van der Waals surface area contributed by atoms with Crippen molar-refractivity contribution in [2.75, 3.05) is 17.1 Å². The smallest absolute Gasteiger partial charge is 0.339 e. The second kappa shape index (κ2) is 9.38. The summed E-state index contributed by atoms with van der Waals surface area (Å²) in [7, 11) is -2.98. The van der Waals surface area contributed by atoms with Crippen molar-refractivity contribution >= 4 is 56.5 Å². The highest BCUT2D eigenvalue weighted by Crippen LogP contribution is 2.25. The first-order valence-electron chi connectivity index (χ1n) is 8.78. The fourth-order valence-corrected chi connectivity index (χ4v) is 4.07. The third kappa shape index (κ3) is 5.35. The van der Waals surface area contributed by atoms with E-state index in [0.717, 1.165) is 13.2 Å². The van der Waals surface area contributed by atoms with E-state index in [0.29, 0.717) is 10.7 Å². The molecule has 2 N–H and O–H groups in total. The molecule has 3 aromatic carbocycles. The van der Waals surface area contributed by atoms with Crippen LogP contribution in [0.5, 0.6) is 0 Å². The quantitative estimate of drug-likeness (QED) is 0.493. The van der Waals surface area contributed by atoms with Crippen LogP contribution >= 0.6 is 23.2 Å². The standard InChI is InChI=1S/C21H16Cl2N2O5S/c1-30-21(27)17-12-15(10-11-18(17)23)31(28,29)25-19-5-3-2-4-16(19)20(26)24-14-8-6-13(22)7-9-14/h2-12,25H,1H3,(H,24,26). The molecule has 0 heterocycles. The Kier molecular flexibility index (Phi) is 6.84. The van der Waals surface area contributed by atoms with Crippen LogP contribution in [0.3, 0.4) is 0 Å². The number of nitrogens with one attached hydrogen (secondary N) is 2. The van der Waals surface area contributed by atoms with Crippen molar-refractivity contribution < 1.29 is 22.7 Å². The van der Waals surface area contributed by atoms with Crippen LogP contribution in [0.2, 0.25) is 10.0 Å². The van der Waals surface area contributed by atoms with Crippen molar-refractivity contribution in [3.8, 4) is 0 Å². The van der Waals surface area contributed by atoms with E-state index in [9.17, 15) is 18.0 Å². The van der Waals surface area contributed by atoms with Gasteiger partial charge in [-0.2, -0.15) is 0 Å². The van der Waals surface area contributed by atoms with E-state index in [1.165, 1.54) is 24.3 Å². The highest BCUT2D eigenvalue weighted by molar-refractivity contribution is 7.92. The van der Waals surface area contributed by atoms with Crippen LogP contribution < -0.4 is 10.0 Å². The summed E-state index contributed by atoms with van der Waals surface area (Å²) >= 11 is 11.8. The Morgan fingerprint density at radius 1 is 0.903 bits per heavy atom. The number of hydrogen-bond acceptors (Lipinski definition) is 5. The molecule has 0 unspecified atom stereocenters. The molecule has 0 radical (unpaired) electrons. The Morgan fingerprint density at radius 2 is 1.58 bits per heavy atom. The number of methoxy groups -OCH3 is 1. The Balaban J connectivity index is 1.90. The molecule has 3 rings (SSSR count). The van der Waals surface area contributed by atoms with Crippen molar-refractivity contribution in [1.82, 2.24) is 0 Å². The first-order valence-corrected chi connectivity index (χ1v) is 11.0. The molecular formula is C21H16Cl2N2O5S. The van der Waals surface area contributed by atoms with E-state index in [1.54, 1.807) is 36.4 Å². The zero-order valence-corrected chi connectivity index (χ0v) is 18.4. The first kappa shape index (κ1) is 22.6. The Bertz CT molecular complexity index is 1240. The lowest BCUT2D eigenvalue weighted by Gasteiger charge is -2.13. The number of ether oxygens (including phenoxy) is 1. The van der Waals surface area contributed by atoms with E-state index in [4.69, 9.17) is 23.2 Å². The number of amides is 1. The maximum atomic E-state index is 12.9. The Hall–Kier alpha value is -3.07. The normalized spacial score (nSPS) is 10.9. The number of rotatable bonds is 6. The molecule has 0 aliphatic carbocycles. The van der Waals surface area contributed by atoms with Gasteiger partial charge in [-0.3, -0.25) is 9.52 Å². The predicted molar refractivity (Wildman–Crippen MR) is 119 cm³/mol. The first-order chi connectivity index (χ1) is 14.7. The van der Waals surface area contributed by atoms with Crippen molar-refractivity contribution in [1.29, 1.82) is 0 Å². The third-order valence-corrected chi connectivity index (χ3v) is 6.12. The number of benzene rings is 3. The molecule has 0 spiro atoms. The van der Waals surface area contributed by atoms with Gasteiger partial charge in [0.15, 0.2) is 0 Å². The van der Waals surface area contributed by atoms with E-state index in [1.807, 2.05) is 0 Å². The highest BCUT2D eigenvalue weighted by Gasteiger charge is 2.21. The van der Waals surface area contributed by atoms with Crippen LogP contribution in [-0.4, -0.2) is 27.4 Å². The fourth-order valence-electron chi connectivity index (χ4n) is 2.64. The molecule has 0 saturated carbocycles. The molecule has 0 atom stereocenters. The number of para-hydroxylation sites is 1. The van der Waals surface area contributed by atoms with Crippen molar-refractivity contribution in [2.24, 2.45) is 0 Å². The molecule has 0 fully saturated rings. The minimum Gasteiger partial charge on any atom is -0.465 e. The topological polar surface area (TPSA) is 102 Å². The molecule has 10 heteroatoms. The largest absolute Gasteiger partial charge is 0.465 e.